The first-order valence-corrected chi connectivity index (χ1v) is 11.9. The van der Waals surface area contributed by atoms with E-state index in [9.17, 15) is 9.59 Å². The van der Waals surface area contributed by atoms with Crippen molar-refractivity contribution in [1.82, 2.24) is 15.1 Å². The lowest BCUT2D eigenvalue weighted by Crippen LogP contribution is -2.39. The van der Waals surface area contributed by atoms with Crippen molar-refractivity contribution < 1.29 is 14.0 Å². The third-order valence-corrected chi connectivity index (χ3v) is 7.01. The third-order valence-electron chi connectivity index (χ3n) is 5.95. The summed E-state index contributed by atoms with van der Waals surface area (Å²) in [5, 5.41) is 3.02. The van der Waals surface area contributed by atoms with Crippen LogP contribution in [0.25, 0.3) is 0 Å². The molecule has 1 aliphatic rings. The fourth-order valence-electron chi connectivity index (χ4n) is 4.00. The average molecular weight is 444 g/mol. The Hall–Kier alpha value is -2.25. The normalized spacial score (nSPS) is 15.6. The number of amides is 2. The van der Waals surface area contributed by atoms with E-state index in [2.05, 4.69) is 5.32 Å². The second-order valence-corrected chi connectivity index (χ2v) is 9.30. The Labute approximate surface area is 189 Å². The van der Waals surface area contributed by atoms with E-state index in [-0.39, 0.29) is 17.9 Å². The van der Waals surface area contributed by atoms with E-state index in [4.69, 9.17) is 4.42 Å². The molecule has 1 fully saturated rings. The lowest BCUT2D eigenvalue weighted by molar-refractivity contribution is -0.129. The molecular formula is C24H33N3O3S. The van der Waals surface area contributed by atoms with Crippen molar-refractivity contribution in [2.45, 2.75) is 49.1 Å². The van der Waals surface area contributed by atoms with Gasteiger partial charge in [0, 0.05) is 24.5 Å². The molecule has 1 aromatic heterocycles. The zero-order chi connectivity index (χ0) is 22.2. The Kier molecular flexibility index (Phi) is 8.60. The maximum Gasteiger partial charge on any atom is 0.252 e. The van der Waals surface area contributed by atoms with Crippen LogP contribution in [0.3, 0.4) is 0 Å². The molecule has 0 bridgehead atoms. The maximum absolute atomic E-state index is 12.9. The quantitative estimate of drug-likeness (QED) is 0.589. The van der Waals surface area contributed by atoms with Gasteiger partial charge in [0.05, 0.1) is 23.6 Å². The highest BCUT2D eigenvalue weighted by molar-refractivity contribution is 8.00. The summed E-state index contributed by atoms with van der Waals surface area (Å²) in [5.41, 5.74) is 0.595. The van der Waals surface area contributed by atoms with Crippen LogP contribution in [0, 0.1) is 0 Å². The van der Waals surface area contributed by atoms with Gasteiger partial charge in [0.1, 0.15) is 5.76 Å². The van der Waals surface area contributed by atoms with Crippen molar-refractivity contribution in [2.75, 3.05) is 33.4 Å². The number of carbonyl (C=O) groups excluding carboxylic acids is 2. The van der Waals surface area contributed by atoms with Crippen molar-refractivity contribution in [1.29, 1.82) is 0 Å². The van der Waals surface area contributed by atoms with Crippen LogP contribution < -0.4 is 5.32 Å². The van der Waals surface area contributed by atoms with E-state index in [0.717, 1.165) is 23.5 Å². The molecule has 3 rings (SSSR count). The summed E-state index contributed by atoms with van der Waals surface area (Å²) in [7, 11) is 5.82. The van der Waals surface area contributed by atoms with Crippen LogP contribution >= 0.6 is 11.8 Å². The molecular weight excluding hydrogens is 410 g/mol. The Balaban J connectivity index is 1.59. The maximum atomic E-state index is 12.9. The highest BCUT2D eigenvalue weighted by Crippen LogP contribution is 2.26. The Morgan fingerprint density at radius 1 is 1.10 bits per heavy atom. The van der Waals surface area contributed by atoms with Crippen molar-refractivity contribution in [3.05, 3.63) is 54.0 Å². The van der Waals surface area contributed by atoms with Crippen molar-refractivity contribution in [2.24, 2.45) is 0 Å². The summed E-state index contributed by atoms with van der Waals surface area (Å²) >= 11 is 1.43. The summed E-state index contributed by atoms with van der Waals surface area (Å²) in [6.45, 7) is 0.432. The smallest absolute Gasteiger partial charge is 0.252 e. The number of hydrogen-bond donors (Lipinski definition) is 1. The first-order valence-electron chi connectivity index (χ1n) is 10.9. The topological polar surface area (TPSA) is 65.8 Å². The van der Waals surface area contributed by atoms with Crippen molar-refractivity contribution in [3.63, 3.8) is 0 Å². The van der Waals surface area contributed by atoms with Crippen LogP contribution in [0.2, 0.25) is 0 Å². The average Bonchev–Trinajstić information content (AvgIpc) is 3.32. The summed E-state index contributed by atoms with van der Waals surface area (Å²) < 4.78 is 5.52. The van der Waals surface area contributed by atoms with Crippen LogP contribution in [-0.2, 0) is 4.79 Å². The predicted octanol–water partition coefficient (Wildman–Crippen LogP) is 4.20. The number of hydrogen-bond acceptors (Lipinski definition) is 5. The Morgan fingerprint density at radius 3 is 2.52 bits per heavy atom. The molecule has 0 saturated heterocycles. The lowest BCUT2D eigenvalue weighted by atomic mass is 9.94. The van der Waals surface area contributed by atoms with Gasteiger partial charge >= 0.3 is 0 Å². The van der Waals surface area contributed by atoms with Gasteiger partial charge in [-0.3, -0.25) is 14.5 Å². The molecule has 0 spiro atoms. The molecule has 1 aromatic carbocycles. The second-order valence-electron chi connectivity index (χ2n) is 8.29. The van der Waals surface area contributed by atoms with Gasteiger partial charge in [-0.15, -0.1) is 11.8 Å². The van der Waals surface area contributed by atoms with Crippen LogP contribution in [0.1, 0.15) is 54.3 Å². The van der Waals surface area contributed by atoms with Gasteiger partial charge in [0.2, 0.25) is 5.91 Å². The molecule has 31 heavy (non-hydrogen) atoms. The molecule has 0 aliphatic heterocycles. The molecule has 0 radical (unpaired) electrons. The number of nitrogens with zero attached hydrogens (tertiary/aromatic N) is 2. The molecule has 1 heterocycles. The zero-order valence-electron chi connectivity index (χ0n) is 18.7. The number of carbonyl (C=O) groups is 2. The Bertz CT molecular complexity index is 848. The second kappa shape index (κ2) is 11.4. The molecule has 2 aromatic rings. The zero-order valence-corrected chi connectivity index (χ0v) is 19.5. The summed E-state index contributed by atoms with van der Waals surface area (Å²) in [6, 6.07) is 11.5. The summed E-state index contributed by atoms with van der Waals surface area (Å²) in [6.07, 6.45) is 7.49. The molecule has 1 aliphatic carbocycles. The molecule has 1 atom stereocenters. The molecule has 6 nitrogen and oxygen atoms in total. The van der Waals surface area contributed by atoms with Crippen molar-refractivity contribution >= 4 is 23.6 Å². The summed E-state index contributed by atoms with van der Waals surface area (Å²) in [4.78, 5) is 30.4. The fourth-order valence-corrected chi connectivity index (χ4v) is 4.97. The number of furan rings is 1. The van der Waals surface area contributed by atoms with E-state index >= 15 is 0 Å². The minimum absolute atomic E-state index is 0.0514. The monoisotopic (exact) mass is 443 g/mol. The first kappa shape index (κ1) is 23.4. The predicted molar refractivity (Wildman–Crippen MR) is 124 cm³/mol. The van der Waals surface area contributed by atoms with Crippen molar-refractivity contribution in [3.8, 4) is 0 Å². The molecule has 7 heteroatoms. The number of benzene rings is 1. The SMILES string of the molecule is CN(C)C(CNC(=O)c1ccccc1SCC(=O)N(C)C1CCCCC1)c1ccco1. The molecule has 1 N–H and O–H groups in total. The van der Waals surface area contributed by atoms with Gasteiger partial charge in [-0.25, -0.2) is 0 Å². The summed E-state index contributed by atoms with van der Waals surface area (Å²) in [5.74, 6) is 1.13. The largest absolute Gasteiger partial charge is 0.468 e. The van der Waals surface area contributed by atoms with Gasteiger partial charge in [-0.2, -0.15) is 0 Å². The van der Waals surface area contributed by atoms with Crippen LogP contribution in [0.15, 0.2) is 52.0 Å². The molecule has 1 unspecified atom stereocenters. The number of thioether (sulfide) groups is 1. The van der Waals surface area contributed by atoms with E-state index < -0.39 is 0 Å². The van der Waals surface area contributed by atoms with Gasteiger partial charge in [-0.1, -0.05) is 31.4 Å². The fraction of sp³-hybridized carbons (Fsp3) is 0.500. The van der Waals surface area contributed by atoms with E-state index in [1.54, 1.807) is 6.26 Å². The highest BCUT2D eigenvalue weighted by Gasteiger charge is 2.23. The van der Waals surface area contributed by atoms with Gasteiger partial charge < -0.3 is 14.6 Å². The van der Waals surface area contributed by atoms with Gasteiger partial charge in [0.25, 0.3) is 5.91 Å². The molecule has 2 amide bonds. The molecule has 1 saturated carbocycles. The van der Waals surface area contributed by atoms with Gasteiger partial charge in [0.15, 0.2) is 0 Å². The lowest BCUT2D eigenvalue weighted by Gasteiger charge is -2.31. The van der Waals surface area contributed by atoms with Crippen LogP contribution in [0.5, 0.6) is 0 Å². The highest BCUT2D eigenvalue weighted by atomic mass is 32.2. The van der Waals surface area contributed by atoms with Crippen LogP contribution in [-0.4, -0.2) is 61.1 Å². The van der Waals surface area contributed by atoms with Gasteiger partial charge in [-0.05, 0) is 51.2 Å². The third kappa shape index (κ3) is 6.37. The van der Waals surface area contributed by atoms with E-state index in [1.165, 1.54) is 31.0 Å². The number of likely N-dealkylation sites (N-methyl/N-ethyl adjacent to an activating group) is 1. The van der Waals surface area contributed by atoms with E-state index in [0.29, 0.717) is 23.9 Å². The Morgan fingerprint density at radius 2 is 1.84 bits per heavy atom. The molecule has 168 valence electrons. The standard InChI is InChI=1S/C24H33N3O3S/c1-26(2)20(21-13-9-15-30-21)16-25-24(29)19-12-7-8-14-22(19)31-17-23(28)27(3)18-10-5-4-6-11-18/h7-9,12-15,18,20H,4-6,10-11,16-17H2,1-3H3,(H,25,29). The minimum Gasteiger partial charge on any atom is -0.468 e. The van der Waals surface area contributed by atoms with E-state index in [1.807, 2.05) is 67.3 Å². The number of nitrogens with one attached hydrogen (secondary N) is 1. The first-order chi connectivity index (χ1) is 15.0. The number of rotatable bonds is 9. The minimum atomic E-state index is -0.144. The van der Waals surface area contributed by atoms with Crippen LogP contribution in [0.4, 0.5) is 0 Å².